The molecule has 5 rings (SSSR count). The Balaban J connectivity index is 1.37. The molecule has 11 heteroatoms. The lowest BCUT2D eigenvalue weighted by Gasteiger charge is -2.23. The lowest BCUT2D eigenvalue weighted by molar-refractivity contribution is -0.135. The zero-order valence-electron chi connectivity index (χ0n) is 19.1. The Hall–Kier alpha value is -2.98. The number of nitrogens with one attached hydrogen (secondary N) is 1. The number of rotatable bonds is 8. The minimum Gasteiger partial charge on any atom is -0.480 e. The van der Waals surface area contributed by atoms with Crippen molar-refractivity contribution in [2.45, 2.75) is 23.8 Å². The molecule has 0 saturated carbocycles. The van der Waals surface area contributed by atoms with Gasteiger partial charge in [0, 0.05) is 51.5 Å². The Morgan fingerprint density at radius 1 is 1.08 bits per heavy atom. The number of carbonyl (C=O) groups is 1. The van der Waals surface area contributed by atoms with Crippen LogP contribution in [0, 0.1) is 0 Å². The van der Waals surface area contributed by atoms with Gasteiger partial charge in [0.1, 0.15) is 12.4 Å². The third-order valence-electron chi connectivity index (χ3n) is 5.76. The molecule has 0 atom stereocenters. The van der Waals surface area contributed by atoms with Gasteiger partial charge in [-0.05, 0) is 79.4 Å². The van der Waals surface area contributed by atoms with E-state index in [1.54, 1.807) is 22.5 Å². The Bertz CT molecular complexity index is 1360. The third kappa shape index (κ3) is 5.87. The third-order valence-corrected chi connectivity index (χ3v) is 7.21. The Kier molecular flexibility index (Phi) is 7.52. The number of benzene rings is 2. The number of aromatic nitrogens is 3. The fraction of sp³-hybridized carbons (Fsp3) is 0.240. The number of halogens is 2. The second-order valence-corrected chi connectivity index (χ2v) is 10.3. The van der Waals surface area contributed by atoms with Gasteiger partial charge in [-0.1, -0.05) is 23.2 Å². The van der Waals surface area contributed by atoms with Crippen molar-refractivity contribution in [3.05, 3.63) is 70.8 Å². The van der Waals surface area contributed by atoms with Gasteiger partial charge in [-0.15, -0.1) is 10.2 Å². The first-order valence-corrected chi connectivity index (χ1v) is 12.9. The van der Waals surface area contributed by atoms with Crippen molar-refractivity contribution < 1.29 is 14.6 Å². The summed E-state index contributed by atoms with van der Waals surface area (Å²) in [5.41, 5.74) is 1.68. The molecule has 0 aliphatic carbocycles. The highest BCUT2D eigenvalue weighted by Crippen LogP contribution is 2.34. The summed E-state index contributed by atoms with van der Waals surface area (Å²) in [6.07, 6.45) is 3.83. The van der Waals surface area contributed by atoms with Crippen LogP contribution in [0.2, 0.25) is 10.0 Å². The predicted molar refractivity (Wildman–Crippen MR) is 144 cm³/mol. The van der Waals surface area contributed by atoms with Crippen LogP contribution in [0.15, 0.2) is 65.7 Å². The molecule has 2 aromatic carbocycles. The fourth-order valence-electron chi connectivity index (χ4n) is 4.07. The van der Waals surface area contributed by atoms with Crippen molar-refractivity contribution in [1.29, 1.82) is 0 Å². The molecule has 0 radical (unpaired) electrons. The van der Waals surface area contributed by atoms with Gasteiger partial charge in [-0.2, -0.15) is 0 Å². The van der Waals surface area contributed by atoms with Gasteiger partial charge in [-0.25, -0.2) is 0 Å². The summed E-state index contributed by atoms with van der Waals surface area (Å²) in [5, 5.41) is 23.6. The molecule has 0 spiro atoms. The molecule has 2 aromatic heterocycles. The summed E-state index contributed by atoms with van der Waals surface area (Å²) in [5.74, 6) is 0.491. The van der Waals surface area contributed by atoms with Crippen molar-refractivity contribution >= 4 is 63.5 Å². The topological polar surface area (TPSA) is 92.5 Å². The normalized spacial score (nSPS) is 14.2. The van der Waals surface area contributed by atoms with Crippen LogP contribution in [0.5, 0.6) is 0 Å². The van der Waals surface area contributed by atoms with E-state index in [9.17, 15) is 9.90 Å². The fourth-order valence-corrected chi connectivity index (χ4v) is 5.74. The average Bonchev–Trinajstić information content (AvgIpc) is 3.27. The highest BCUT2D eigenvalue weighted by molar-refractivity contribution is 8.00. The maximum Gasteiger partial charge on any atom is 0.324 e. The average molecular weight is 544 g/mol. The van der Waals surface area contributed by atoms with E-state index < -0.39 is 5.97 Å². The van der Waals surface area contributed by atoms with Crippen molar-refractivity contribution in [1.82, 2.24) is 14.8 Å². The molecule has 186 valence electrons. The Labute approximate surface area is 222 Å². The number of fused-ring (bicyclic) bond motifs is 1. The number of aliphatic carboxylic acids is 1. The molecule has 2 N–H and O–H groups in total. The second kappa shape index (κ2) is 11.0. The molecule has 1 aliphatic heterocycles. The molecule has 0 unspecified atom stereocenters. The monoisotopic (exact) mass is 543 g/mol. The second-order valence-electron chi connectivity index (χ2n) is 8.36. The lowest BCUT2D eigenvalue weighted by atomic mass is 10.1. The van der Waals surface area contributed by atoms with Crippen molar-refractivity contribution in [2.24, 2.45) is 0 Å². The molecule has 1 fully saturated rings. The van der Waals surface area contributed by atoms with E-state index in [2.05, 4.69) is 15.5 Å². The number of carboxylic acid groups (broad SMARTS) is 1. The summed E-state index contributed by atoms with van der Waals surface area (Å²) in [7, 11) is 0. The van der Waals surface area contributed by atoms with Gasteiger partial charge in [0.05, 0.1) is 5.52 Å². The standard InChI is InChI=1S/C25H23Cl2N5O3S/c26-17-12-18(27)14-21(13-17)36-32(15-25(33)34)20-1-2-22-16(11-20)5-8-31(22)24-4-3-23(29-30-24)28-19-6-9-35-10-7-19/h1-5,8,11-14,19H,6-7,9-10,15H2,(H,28,29)(H,33,34). The van der Waals surface area contributed by atoms with Crippen molar-refractivity contribution in [3.8, 4) is 5.82 Å². The molecule has 0 bridgehead atoms. The highest BCUT2D eigenvalue weighted by Gasteiger charge is 2.17. The smallest absolute Gasteiger partial charge is 0.324 e. The predicted octanol–water partition coefficient (Wildman–Crippen LogP) is 5.92. The summed E-state index contributed by atoms with van der Waals surface area (Å²) in [6, 6.07) is 17.1. The number of ether oxygens (including phenoxy) is 1. The van der Waals surface area contributed by atoms with Gasteiger partial charge >= 0.3 is 5.97 Å². The van der Waals surface area contributed by atoms with Gasteiger partial charge in [-0.3, -0.25) is 9.36 Å². The summed E-state index contributed by atoms with van der Waals surface area (Å²) in [6.45, 7) is 1.32. The minimum atomic E-state index is -0.946. The van der Waals surface area contributed by atoms with Crippen LogP contribution in [0.1, 0.15) is 12.8 Å². The minimum absolute atomic E-state index is 0.200. The largest absolute Gasteiger partial charge is 0.480 e. The van der Waals surface area contributed by atoms with E-state index in [0.717, 1.165) is 53.4 Å². The van der Waals surface area contributed by atoms with Crippen LogP contribution < -0.4 is 9.62 Å². The van der Waals surface area contributed by atoms with Crippen molar-refractivity contribution in [3.63, 3.8) is 0 Å². The van der Waals surface area contributed by atoms with Gasteiger partial charge < -0.3 is 19.5 Å². The van der Waals surface area contributed by atoms with E-state index in [1.165, 1.54) is 11.9 Å². The number of anilines is 2. The molecular weight excluding hydrogens is 521 g/mol. The van der Waals surface area contributed by atoms with Crippen LogP contribution in [-0.4, -0.2) is 51.6 Å². The van der Waals surface area contributed by atoms with E-state index in [1.807, 2.05) is 47.2 Å². The molecule has 36 heavy (non-hydrogen) atoms. The number of hydrogen-bond acceptors (Lipinski definition) is 7. The first-order valence-electron chi connectivity index (χ1n) is 11.4. The lowest BCUT2D eigenvalue weighted by Crippen LogP contribution is -2.28. The van der Waals surface area contributed by atoms with Crippen LogP contribution >= 0.6 is 35.1 Å². The van der Waals surface area contributed by atoms with Gasteiger partial charge in [0.25, 0.3) is 0 Å². The van der Waals surface area contributed by atoms with E-state index in [0.29, 0.717) is 21.9 Å². The highest BCUT2D eigenvalue weighted by atomic mass is 35.5. The zero-order valence-corrected chi connectivity index (χ0v) is 21.4. The van der Waals surface area contributed by atoms with Gasteiger partial charge in [0.2, 0.25) is 0 Å². The maximum absolute atomic E-state index is 11.6. The molecule has 4 aromatic rings. The number of nitrogens with zero attached hydrogens (tertiary/aromatic N) is 4. The van der Waals surface area contributed by atoms with Crippen LogP contribution in [0.4, 0.5) is 11.5 Å². The Morgan fingerprint density at radius 2 is 1.86 bits per heavy atom. The first kappa shape index (κ1) is 24.7. The van der Waals surface area contributed by atoms with E-state index in [-0.39, 0.29) is 6.54 Å². The summed E-state index contributed by atoms with van der Waals surface area (Å²) >= 11 is 13.5. The van der Waals surface area contributed by atoms with Gasteiger partial charge in [0.15, 0.2) is 5.82 Å². The maximum atomic E-state index is 11.6. The number of hydrogen-bond donors (Lipinski definition) is 2. The first-order chi connectivity index (χ1) is 17.4. The summed E-state index contributed by atoms with van der Waals surface area (Å²) in [4.78, 5) is 12.3. The summed E-state index contributed by atoms with van der Waals surface area (Å²) < 4.78 is 9.05. The van der Waals surface area contributed by atoms with Crippen LogP contribution in [0.3, 0.4) is 0 Å². The molecular formula is C25H23Cl2N5O3S. The van der Waals surface area contributed by atoms with Crippen LogP contribution in [0.25, 0.3) is 16.7 Å². The quantitative estimate of drug-likeness (QED) is 0.264. The molecule has 1 aliphatic rings. The zero-order chi connectivity index (χ0) is 25.1. The SMILES string of the molecule is O=C(O)CN(Sc1cc(Cl)cc(Cl)c1)c1ccc2c(ccn2-c2ccc(NC3CCOCC3)nn2)c1. The van der Waals surface area contributed by atoms with E-state index in [4.69, 9.17) is 27.9 Å². The molecule has 1 saturated heterocycles. The van der Waals surface area contributed by atoms with Crippen LogP contribution in [-0.2, 0) is 9.53 Å². The molecule has 8 nitrogen and oxygen atoms in total. The number of carboxylic acids is 1. The Morgan fingerprint density at radius 3 is 2.56 bits per heavy atom. The molecule has 0 amide bonds. The van der Waals surface area contributed by atoms with Crippen molar-refractivity contribution in [2.75, 3.05) is 29.4 Å². The molecule has 3 heterocycles. The van der Waals surface area contributed by atoms with E-state index >= 15 is 0 Å².